The summed E-state index contributed by atoms with van der Waals surface area (Å²) in [5.74, 6) is 0.564. The van der Waals surface area contributed by atoms with Gasteiger partial charge in [0.2, 0.25) is 0 Å². The molecule has 1 aromatic heterocycles. The topological polar surface area (TPSA) is 88.2 Å². The molecule has 16 heavy (non-hydrogen) atoms. The second kappa shape index (κ2) is 3.96. The molecule has 2 rings (SSSR count). The van der Waals surface area contributed by atoms with Gasteiger partial charge in [0.25, 0.3) is 0 Å². The molecule has 2 aromatic rings. The number of fused-ring (bicyclic) bond motifs is 1. The summed E-state index contributed by atoms with van der Waals surface area (Å²) in [5.41, 5.74) is 8.38. The van der Waals surface area contributed by atoms with Crippen LogP contribution in [-0.4, -0.2) is 7.11 Å². The molecule has 6 heteroatoms. The van der Waals surface area contributed by atoms with E-state index in [0.29, 0.717) is 16.7 Å². The highest BCUT2D eigenvalue weighted by Gasteiger charge is 2.05. The van der Waals surface area contributed by atoms with Gasteiger partial charge in [-0.3, -0.25) is 0 Å². The van der Waals surface area contributed by atoms with Crippen LogP contribution < -0.4 is 10.4 Å². The van der Waals surface area contributed by atoms with Gasteiger partial charge in [-0.2, -0.15) is 0 Å². The van der Waals surface area contributed by atoms with E-state index in [2.05, 4.69) is 10.0 Å². The van der Waals surface area contributed by atoms with Gasteiger partial charge in [-0.15, -0.1) is 0 Å². The van der Waals surface area contributed by atoms with Crippen LogP contribution in [0.4, 0.5) is 5.69 Å². The third-order valence-corrected chi connectivity index (χ3v) is 2.08. The summed E-state index contributed by atoms with van der Waals surface area (Å²) < 4.78 is 9.97. The number of ether oxygens (including phenoxy) is 1. The molecule has 0 aliphatic heterocycles. The maximum absolute atomic E-state index is 11.2. The third kappa shape index (κ3) is 1.69. The highest BCUT2D eigenvalue weighted by atomic mass is 16.5. The molecule has 0 saturated carbocycles. The van der Waals surface area contributed by atoms with Gasteiger partial charge in [-0.1, -0.05) is 5.11 Å². The van der Waals surface area contributed by atoms with Crippen LogP contribution >= 0.6 is 0 Å². The maximum atomic E-state index is 11.2. The van der Waals surface area contributed by atoms with Crippen molar-refractivity contribution in [1.82, 2.24) is 0 Å². The van der Waals surface area contributed by atoms with E-state index in [-0.39, 0.29) is 5.69 Å². The molecule has 0 atom stereocenters. The predicted molar refractivity (Wildman–Crippen MR) is 57.8 cm³/mol. The highest BCUT2D eigenvalue weighted by Crippen LogP contribution is 2.27. The molecule has 0 radical (unpaired) electrons. The minimum absolute atomic E-state index is 0.247. The fourth-order valence-electron chi connectivity index (χ4n) is 1.38. The van der Waals surface area contributed by atoms with Gasteiger partial charge in [0, 0.05) is 22.4 Å². The number of hydrogen-bond acceptors (Lipinski definition) is 4. The van der Waals surface area contributed by atoms with Crippen LogP contribution in [-0.2, 0) is 0 Å². The summed E-state index contributed by atoms with van der Waals surface area (Å²) in [6.07, 6.45) is 0. The number of rotatable bonds is 2. The van der Waals surface area contributed by atoms with E-state index < -0.39 is 5.63 Å². The van der Waals surface area contributed by atoms with E-state index in [1.165, 1.54) is 7.11 Å². The number of azide groups is 1. The Balaban J connectivity index is 2.83. The van der Waals surface area contributed by atoms with Crippen LogP contribution in [0.15, 0.2) is 38.6 Å². The standard InChI is InChI=1S/C10H7N3O3/c1-15-6-2-3-7-8(12-13-11)5-10(14)16-9(7)4-6/h2-5H,1H3. The van der Waals surface area contributed by atoms with Crippen LogP contribution in [0.5, 0.6) is 5.75 Å². The molecule has 0 aliphatic rings. The average molecular weight is 217 g/mol. The number of hydrogen-bond donors (Lipinski definition) is 0. The summed E-state index contributed by atoms with van der Waals surface area (Å²) in [6, 6.07) is 6.07. The van der Waals surface area contributed by atoms with Gasteiger partial charge < -0.3 is 9.15 Å². The average Bonchev–Trinajstić information content (AvgIpc) is 2.28. The van der Waals surface area contributed by atoms with E-state index in [1.54, 1.807) is 18.2 Å². The highest BCUT2D eigenvalue weighted by molar-refractivity contribution is 5.88. The van der Waals surface area contributed by atoms with Crippen molar-refractivity contribution in [2.45, 2.75) is 0 Å². The molecule has 0 N–H and O–H groups in total. The van der Waals surface area contributed by atoms with Crippen molar-refractivity contribution in [3.05, 3.63) is 45.1 Å². The molecule has 80 valence electrons. The van der Waals surface area contributed by atoms with Gasteiger partial charge in [0.1, 0.15) is 11.3 Å². The van der Waals surface area contributed by atoms with Gasteiger partial charge in [0.05, 0.1) is 12.8 Å². The van der Waals surface area contributed by atoms with Crippen molar-refractivity contribution in [3.8, 4) is 5.75 Å². The Labute approximate surface area is 89.7 Å². The zero-order valence-corrected chi connectivity index (χ0v) is 8.38. The lowest BCUT2D eigenvalue weighted by Crippen LogP contribution is -1.95. The molecule has 0 spiro atoms. The predicted octanol–water partition coefficient (Wildman–Crippen LogP) is 2.74. The minimum atomic E-state index is -0.567. The number of methoxy groups -OCH3 is 1. The van der Waals surface area contributed by atoms with Crippen molar-refractivity contribution < 1.29 is 9.15 Å². The fraction of sp³-hybridized carbons (Fsp3) is 0.100. The Morgan fingerprint density at radius 1 is 1.44 bits per heavy atom. The SMILES string of the molecule is COc1ccc2c(N=[N+]=[N-])cc(=O)oc2c1. The van der Waals surface area contributed by atoms with Crippen molar-refractivity contribution >= 4 is 16.7 Å². The number of benzene rings is 1. The summed E-state index contributed by atoms with van der Waals surface area (Å²) in [7, 11) is 1.51. The lowest BCUT2D eigenvalue weighted by Gasteiger charge is -2.02. The Hall–Kier alpha value is -2.46. The smallest absolute Gasteiger partial charge is 0.336 e. The van der Waals surface area contributed by atoms with Crippen LogP contribution in [0.3, 0.4) is 0 Å². The Kier molecular flexibility index (Phi) is 2.49. The molecule has 0 unspecified atom stereocenters. The van der Waals surface area contributed by atoms with Crippen LogP contribution in [0.25, 0.3) is 21.4 Å². The molecule has 1 heterocycles. The Morgan fingerprint density at radius 2 is 2.25 bits per heavy atom. The molecule has 1 aromatic carbocycles. The lowest BCUT2D eigenvalue weighted by molar-refractivity contribution is 0.414. The molecule has 6 nitrogen and oxygen atoms in total. The molecule has 0 saturated heterocycles. The first-order valence-corrected chi connectivity index (χ1v) is 4.41. The zero-order valence-electron chi connectivity index (χ0n) is 8.38. The van der Waals surface area contributed by atoms with Crippen LogP contribution in [0.1, 0.15) is 0 Å². The van der Waals surface area contributed by atoms with E-state index in [9.17, 15) is 4.79 Å². The molecular formula is C10H7N3O3. The first kappa shape index (κ1) is 10.1. The second-order valence-electron chi connectivity index (χ2n) is 3.00. The summed E-state index contributed by atoms with van der Waals surface area (Å²) >= 11 is 0. The maximum Gasteiger partial charge on any atom is 0.336 e. The first-order chi connectivity index (χ1) is 7.74. The Morgan fingerprint density at radius 3 is 2.94 bits per heavy atom. The summed E-state index contributed by atoms with van der Waals surface area (Å²) in [6.45, 7) is 0. The summed E-state index contributed by atoms with van der Waals surface area (Å²) in [4.78, 5) is 13.8. The lowest BCUT2D eigenvalue weighted by atomic mass is 10.2. The molecule has 0 bridgehead atoms. The molecule has 0 fully saturated rings. The van der Waals surface area contributed by atoms with Gasteiger partial charge in [-0.05, 0) is 17.7 Å². The summed E-state index contributed by atoms with van der Waals surface area (Å²) in [5, 5.41) is 4.00. The second-order valence-corrected chi connectivity index (χ2v) is 3.00. The quantitative estimate of drug-likeness (QED) is 0.335. The largest absolute Gasteiger partial charge is 0.497 e. The third-order valence-electron chi connectivity index (χ3n) is 2.08. The van der Waals surface area contributed by atoms with Gasteiger partial charge in [-0.25, -0.2) is 4.79 Å². The normalized spacial score (nSPS) is 9.81. The monoisotopic (exact) mass is 217 g/mol. The van der Waals surface area contributed by atoms with Crippen molar-refractivity contribution in [3.63, 3.8) is 0 Å². The van der Waals surface area contributed by atoms with Crippen molar-refractivity contribution in [2.75, 3.05) is 7.11 Å². The molecule has 0 amide bonds. The molecular weight excluding hydrogens is 210 g/mol. The van der Waals surface area contributed by atoms with Crippen molar-refractivity contribution in [2.24, 2.45) is 5.11 Å². The first-order valence-electron chi connectivity index (χ1n) is 4.41. The van der Waals surface area contributed by atoms with Crippen LogP contribution in [0.2, 0.25) is 0 Å². The van der Waals surface area contributed by atoms with Gasteiger partial charge in [0.15, 0.2) is 0 Å². The number of nitrogens with zero attached hydrogens (tertiary/aromatic N) is 3. The van der Waals surface area contributed by atoms with E-state index in [1.807, 2.05) is 0 Å². The van der Waals surface area contributed by atoms with E-state index >= 15 is 0 Å². The van der Waals surface area contributed by atoms with Gasteiger partial charge >= 0.3 is 5.63 Å². The minimum Gasteiger partial charge on any atom is -0.497 e. The van der Waals surface area contributed by atoms with Crippen molar-refractivity contribution in [1.29, 1.82) is 0 Å². The fourth-order valence-corrected chi connectivity index (χ4v) is 1.38. The zero-order chi connectivity index (χ0) is 11.5. The van der Waals surface area contributed by atoms with E-state index in [4.69, 9.17) is 14.7 Å². The molecule has 0 aliphatic carbocycles. The Bertz CT molecular complexity index is 641. The van der Waals surface area contributed by atoms with E-state index in [0.717, 1.165) is 6.07 Å². The van der Waals surface area contributed by atoms with Crippen LogP contribution in [0, 0.1) is 0 Å².